The number of Topliss-reactive ketones (excluding diaryl/α,β-unsaturated/α-hetero) is 1. The molecule has 152 valence electrons. The number of halogens is 6. The summed E-state index contributed by atoms with van der Waals surface area (Å²) in [4.78, 5) is 12.7. The third-order valence-electron chi connectivity index (χ3n) is 4.37. The SMILES string of the molecule is O=C1C(=Cc2ccc(C(F)(F)F)cc2)CNCC1=Cc1ccc(C(F)(F)F)cc1. The van der Waals surface area contributed by atoms with E-state index in [9.17, 15) is 31.1 Å². The molecule has 1 saturated heterocycles. The molecule has 1 aliphatic rings. The number of ketones is 1. The van der Waals surface area contributed by atoms with E-state index in [0.717, 1.165) is 24.3 Å². The minimum absolute atomic E-state index is 0.240. The Morgan fingerprint density at radius 3 is 1.31 bits per heavy atom. The molecule has 0 saturated carbocycles. The van der Waals surface area contributed by atoms with E-state index in [2.05, 4.69) is 5.32 Å². The van der Waals surface area contributed by atoms with Gasteiger partial charge in [-0.25, -0.2) is 0 Å². The minimum Gasteiger partial charge on any atom is -0.308 e. The molecule has 1 aliphatic heterocycles. The number of hydrogen-bond donors (Lipinski definition) is 1. The zero-order valence-corrected chi connectivity index (χ0v) is 14.9. The molecule has 0 unspecified atom stereocenters. The van der Waals surface area contributed by atoms with Gasteiger partial charge in [0.25, 0.3) is 0 Å². The summed E-state index contributed by atoms with van der Waals surface area (Å²) in [7, 11) is 0. The summed E-state index contributed by atoms with van der Waals surface area (Å²) < 4.78 is 75.8. The lowest BCUT2D eigenvalue weighted by molar-refractivity contribution is -0.138. The first kappa shape index (κ1) is 20.9. The van der Waals surface area contributed by atoms with Crippen molar-refractivity contribution in [3.05, 3.63) is 81.9 Å². The number of piperidine rings is 1. The lowest BCUT2D eigenvalue weighted by atomic mass is 9.95. The molecule has 0 spiro atoms. The second kappa shape index (κ2) is 7.87. The first-order valence-electron chi connectivity index (χ1n) is 8.55. The summed E-state index contributed by atoms with van der Waals surface area (Å²) in [5.41, 5.74) is 0.0347. The zero-order chi connectivity index (χ0) is 21.2. The Hall–Kier alpha value is -2.87. The van der Waals surface area contributed by atoms with Crippen LogP contribution in [0.5, 0.6) is 0 Å². The van der Waals surface area contributed by atoms with E-state index in [1.165, 1.54) is 36.4 Å². The molecular formula is C21H15F6NO. The molecule has 29 heavy (non-hydrogen) atoms. The molecule has 0 atom stereocenters. The topological polar surface area (TPSA) is 29.1 Å². The van der Waals surface area contributed by atoms with Crippen LogP contribution in [0.25, 0.3) is 12.2 Å². The first-order chi connectivity index (χ1) is 13.5. The molecule has 8 heteroatoms. The molecule has 2 aromatic rings. The van der Waals surface area contributed by atoms with E-state index in [1.807, 2.05) is 0 Å². The van der Waals surface area contributed by atoms with Gasteiger partial charge >= 0.3 is 12.4 Å². The van der Waals surface area contributed by atoms with Crippen LogP contribution in [0.2, 0.25) is 0 Å². The summed E-state index contributed by atoms with van der Waals surface area (Å²) in [6, 6.07) is 8.85. The van der Waals surface area contributed by atoms with Gasteiger partial charge in [0, 0.05) is 24.2 Å². The highest BCUT2D eigenvalue weighted by Gasteiger charge is 2.30. The molecule has 1 N–H and O–H groups in total. The summed E-state index contributed by atoms with van der Waals surface area (Å²) in [6.07, 6.45) is -5.89. The van der Waals surface area contributed by atoms with Gasteiger partial charge in [0.1, 0.15) is 0 Å². The Bertz CT molecular complexity index is 873. The second-order valence-electron chi connectivity index (χ2n) is 6.51. The Morgan fingerprint density at radius 1 is 0.655 bits per heavy atom. The van der Waals surface area contributed by atoms with Crippen molar-refractivity contribution in [3.63, 3.8) is 0 Å². The van der Waals surface area contributed by atoms with Gasteiger partial charge in [0.05, 0.1) is 11.1 Å². The van der Waals surface area contributed by atoms with E-state index in [1.54, 1.807) is 0 Å². The molecule has 2 nitrogen and oxygen atoms in total. The Balaban J connectivity index is 1.81. The highest BCUT2D eigenvalue weighted by molar-refractivity contribution is 6.14. The number of carbonyl (C=O) groups is 1. The average Bonchev–Trinajstić information content (AvgIpc) is 2.64. The predicted octanol–water partition coefficient (Wildman–Crippen LogP) is 5.36. The Kier molecular flexibility index (Phi) is 5.66. The zero-order valence-electron chi connectivity index (χ0n) is 14.9. The summed E-state index contributed by atoms with van der Waals surface area (Å²) >= 11 is 0. The van der Waals surface area contributed by atoms with Crippen LogP contribution >= 0.6 is 0 Å². The molecule has 0 bridgehead atoms. The fourth-order valence-electron chi connectivity index (χ4n) is 2.87. The standard InChI is InChI=1S/C21H15F6NO/c22-20(23,24)17-5-1-13(2-6-17)9-15-11-28-12-16(19(15)29)10-14-3-7-18(8-4-14)21(25,26)27/h1-10,28H,11-12H2. The number of nitrogens with one attached hydrogen (secondary N) is 1. The summed E-state index contributed by atoms with van der Waals surface area (Å²) in [5.74, 6) is -0.302. The molecule has 0 amide bonds. The molecule has 1 fully saturated rings. The van der Waals surface area contributed by atoms with E-state index in [4.69, 9.17) is 0 Å². The van der Waals surface area contributed by atoms with Gasteiger partial charge in [-0.05, 0) is 47.5 Å². The quantitative estimate of drug-likeness (QED) is 0.532. The number of benzene rings is 2. The van der Waals surface area contributed by atoms with Crippen molar-refractivity contribution in [1.29, 1.82) is 0 Å². The molecule has 0 radical (unpaired) electrons. The minimum atomic E-state index is -4.44. The van der Waals surface area contributed by atoms with Gasteiger partial charge in [-0.15, -0.1) is 0 Å². The molecular weight excluding hydrogens is 396 g/mol. The van der Waals surface area contributed by atoms with Crippen molar-refractivity contribution in [2.24, 2.45) is 0 Å². The fourth-order valence-corrected chi connectivity index (χ4v) is 2.87. The molecule has 0 aromatic heterocycles. The van der Waals surface area contributed by atoms with E-state index in [-0.39, 0.29) is 18.9 Å². The average molecular weight is 411 g/mol. The van der Waals surface area contributed by atoms with Crippen LogP contribution in [-0.4, -0.2) is 18.9 Å². The van der Waals surface area contributed by atoms with Crippen LogP contribution in [-0.2, 0) is 17.1 Å². The van der Waals surface area contributed by atoms with E-state index >= 15 is 0 Å². The third-order valence-corrected chi connectivity index (χ3v) is 4.37. The third kappa shape index (κ3) is 5.14. The monoisotopic (exact) mass is 411 g/mol. The van der Waals surface area contributed by atoms with Crippen LogP contribution in [0, 0.1) is 0 Å². The Labute approximate surface area is 162 Å². The number of hydrogen-bond acceptors (Lipinski definition) is 2. The van der Waals surface area contributed by atoms with Crippen LogP contribution in [0.3, 0.4) is 0 Å². The number of alkyl halides is 6. The lowest BCUT2D eigenvalue weighted by Crippen LogP contribution is -2.32. The molecule has 1 heterocycles. The lowest BCUT2D eigenvalue weighted by Gasteiger charge is -2.18. The maximum absolute atomic E-state index is 12.7. The number of rotatable bonds is 2. The van der Waals surface area contributed by atoms with Gasteiger partial charge in [-0.2, -0.15) is 26.3 Å². The second-order valence-corrected chi connectivity index (χ2v) is 6.51. The van der Waals surface area contributed by atoms with Crippen molar-refractivity contribution in [1.82, 2.24) is 5.32 Å². The van der Waals surface area contributed by atoms with Crippen molar-refractivity contribution in [3.8, 4) is 0 Å². The van der Waals surface area contributed by atoms with Crippen LogP contribution in [0.15, 0.2) is 59.7 Å². The van der Waals surface area contributed by atoms with E-state index in [0.29, 0.717) is 22.3 Å². The summed E-state index contributed by atoms with van der Waals surface area (Å²) in [6.45, 7) is 0.481. The van der Waals surface area contributed by atoms with Crippen molar-refractivity contribution in [2.45, 2.75) is 12.4 Å². The van der Waals surface area contributed by atoms with Crippen LogP contribution < -0.4 is 5.32 Å². The molecule has 2 aromatic carbocycles. The number of carbonyl (C=O) groups excluding carboxylic acids is 1. The maximum Gasteiger partial charge on any atom is 0.416 e. The smallest absolute Gasteiger partial charge is 0.308 e. The summed E-state index contributed by atoms with van der Waals surface area (Å²) in [5, 5.41) is 3.01. The highest BCUT2D eigenvalue weighted by Crippen LogP contribution is 2.30. The van der Waals surface area contributed by atoms with Crippen molar-refractivity contribution in [2.75, 3.05) is 13.1 Å². The van der Waals surface area contributed by atoms with Gasteiger partial charge in [-0.1, -0.05) is 24.3 Å². The maximum atomic E-state index is 12.7. The molecule has 3 rings (SSSR count). The van der Waals surface area contributed by atoms with Crippen LogP contribution in [0.1, 0.15) is 22.3 Å². The fraction of sp³-hybridized carbons (Fsp3) is 0.190. The van der Waals surface area contributed by atoms with Gasteiger partial charge in [0.2, 0.25) is 0 Å². The molecule has 0 aliphatic carbocycles. The Morgan fingerprint density at radius 2 is 1.00 bits per heavy atom. The predicted molar refractivity (Wildman–Crippen MR) is 96.7 cm³/mol. The normalized spacial score (nSPS) is 18.5. The first-order valence-corrected chi connectivity index (χ1v) is 8.55. The van der Waals surface area contributed by atoms with E-state index < -0.39 is 23.5 Å². The highest BCUT2D eigenvalue weighted by atomic mass is 19.4. The van der Waals surface area contributed by atoms with Crippen LogP contribution in [0.4, 0.5) is 26.3 Å². The van der Waals surface area contributed by atoms with Gasteiger partial charge in [-0.3, -0.25) is 4.79 Å². The van der Waals surface area contributed by atoms with Crippen molar-refractivity contribution >= 4 is 17.9 Å². The van der Waals surface area contributed by atoms with Crippen molar-refractivity contribution < 1.29 is 31.1 Å². The largest absolute Gasteiger partial charge is 0.416 e. The van der Waals surface area contributed by atoms with Gasteiger partial charge in [0.15, 0.2) is 5.78 Å². The van der Waals surface area contributed by atoms with Gasteiger partial charge < -0.3 is 5.32 Å².